The number of carbonyl (C=O) groups excluding carboxylic acids is 1. The zero-order valence-corrected chi connectivity index (χ0v) is 16.2. The number of benzene rings is 1. The lowest BCUT2D eigenvalue weighted by atomic mass is 9.97. The molecule has 150 valence electrons. The highest BCUT2D eigenvalue weighted by Gasteiger charge is 2.26. The molecule has 0 spiro atoms. The molecular weight excluding hydrogens is 359 g/mol. The number of aromatic nitrogens is 2. The summed E-state index contributed by atoms with van der Waals surface area (Å²) < 4.78 is 18.4. The van der Waals surface area contributed by atoms with Crippen molar-refractivity contribution < 1.29 is 13.9 Å². The van der Waals surface area contributed by atoms with E-state index in [0.29, 0.717) is 32.3 Å². The van der Waals surface area contributed by atoms with Crippen LogP contribution in [0.15, 0.2) is 36.7 Å². The maximum Gasteiger partial charge on any atom is 0.225 e. The van der Waals surface area contributed by atoms with Crippen molar-refractivity contribution in [2.75, 3.05) is 37.7 Å². The molecule has 0 radical (unpaired) electrons. The van der Waals surface area contributed by atoms with Gasteiger partial charge in [-0.3, -0.25) is 4.79 Å². The number of halogens is 1. The molecule has 2 aromatic rings. The van der Waals surface area contributed by atoms with Crippen molar-refractivity contribution in [3.05, 3.63) is 42.5 Å². The molecule has 0 aliphatic carbocycles. The Morgan fingerprint density at radius 2 is 2.00 bits per heavy atom. The molecule has 1 fully saturated rings. The van der Waals surface area contributed by atoms with Crippen LogP contribution in [-0.4, -0.2) is 48.7 Å². The van der Waals surface area contributed by atoms with Crippen molar-refractivity contribution in [1.29, 1.82) is 0 Å². The van der Waals surface area contributed by atoms with E-state index >= 15 is 0 Å². The summed E-state index contributed by atoms with van der Waals surface area (Å²) in [7, 11) is 0. The summed E-state index contributed by atoms with van der Waals surface area (Å²) in [5.74, 6) is 0.391. The summed E-state index contributed by atoms with van der Waals surface area (Å²) in [5.41, 5.74) is 1.71. The SMILES string of the molecule is CCOCCCNC(=O)C1CCCN(c2ncc(-c3ccc(F)cc3)cn2)C1. The number of nitrogens with zero attached hydrogens (tertiary/aromatic N) is 3. The van der Waals surface area contributed by atoms with Crippen molar-refractivity contribution in [2.45, 2.75) is 26.2 Å². The van der Waals surface area contributed by atoms with Gasteiger partial charge >= 0.3 is 0 Å². The van der Waals surface area contributed by atoms with Gasteiger partial charge in [-0.25, -0.2) is 14.4 Å². The van der Waals surface area contributed by atoms with Crippen molar-refractivity contribution >= 4 is 11.9 Å². The van der Waals surface area contributed by atoms with E-state index in [1.54, 1.807) is 24.5 Å². The van der Waals surface area contributed by atoms with Gasteiger partial charge in [0.05, 0.1) is 5.92 Å². The number of nitrogens with one attached hydrogen (secondary N) is 1. The van der Waals surface area contributed by atoms with Crippen LogP contribution in [0.4, 0.5) is 10.3 Å². The standard InChI is InChI=1S/C21H27FN4O2/c1-2-28-12-4-10-23-20(27)17-5-3-11-26(15-17)21-24-13-18(14-25-21)16-6-8-19(22)9-7-16/h6-9,13-14,17H,2-5,10-12,15H2,1H3,(H,23,27). The molecule has 1 amide bonds. The molecule has 28 heavy (non-hydrogen) atoms. The quantitative estimate of drug-likeness (QED) is 0.707. The van der Waals surface area contributed by atoms with Crippen LogP contribution in [0.25, 0.3) is 11.1 Å². The maximum absolute atomic E-state index is 13.1. The van der Waals surface area contributed by atoms with Crippen LogP contribution in [0, 0.1) is 11.7 Å². The molecule has 1 atom stereocenters. The van der Waals surface area contributed by atoms with Crippen LogP contribution < -0.4 is 10.2 Å². The van der Waals surface area contributed by atoms with Gasteiger partial charge in [0.2, 0.25) is 11.9 Å². The molecule has 1 unspecified atom stereocenters. The topological polar surface area (TPSA) is 67.3 Å². The van der Waals surface area contributed by atoms with E-state index in [-0.39, 0.29) is 17.6 Å². The lowest BCUT2D eigenvalue weighted by Gasteiger charge is -2.32. The summed E-state index contributed by atoms with van der Waals surface area (Å²) in [5, 5.41) is 3.00. The van der Waals surface area contributed by atoms with Gasteiger partial charge < -0.3 is 15.0 Å². The number of carbonyl (C=O) groups is 1. The Morgan fingerprint density at radius 3 is 2.71 bits per heavy atom. The first-order chi connectivity index (χ1) is 13.7. The maximum atomic E-state index is 13.1. The van der Waals surface area contributed by atoms with Gasteiger partial charge in [-0.2, -0.15) is 0 Å². The third-order valence-electron chi connectivity index (χ3n) is 4.86. The first kappa shape index (κ1) is 20.2. The second-order valence-electron chi connectivity index (χ2n) is 6.91. The molecule has 1 N–H and O–H groups in total. The molecule has 2 heterocycles. The third-order valence-corrected chi connectivity index (χ3v) is 4.86. The summed E-state index contributed by atoms with van der Waals surface area (Å²) in [6, 6.07) is 6.26. The smallest absolute Gasteiger partial charge is 0.225 e. The Hall–Kier alpha value is -2.54. The molecule has 1 saturated heterocycles. The number of piperidine rings is 1. The number of hydrogen-bond acceptors (Lipinski definition) is 5. The highest BCUT2D eigenvalue weighted by Crippen LogP contribution is 2.23. The van der Waals surface area contributed by atoms with Crippen LogP contribution in [0.1, 0.15) is 26.2 Å². The Balaban J connectivity index is 1.55. The van der Waals surface area contributed by atoms with Crippen molar-refractivity contribution in [1.82, 2.24) is 15.3 Å². The summed E-state index contributed by atoms with van der Waals surface area (Å²) in [4.78, 5) is 23.4. The second kappa shape index (κ2) is 10.1. The van der Waals surface area contributed by atoms with E-state index in [9.17, 15) is 9.18 Å². The minimum absolute atomic E-state index is 0.0544. The van der Waals surface area contributed by atoms with Crippen LogP contribution in [-0.2, 0) is 9.53 Å². The molecule has 1 aliphatic rings. The van der Waals surface area contributed by atoms with E-state index in [2.05, 4.69) is 20.2 Å². The largest absolute Gasteiger partial charge is 0.382 e. The number of rotatable bonds is 8. The van der Waals surface area contributed by atoms with Gasteiger partial charge in [0.1, 0.15) is 5.82 Å². The first-order valence-electron chi connectivity index (χ1n) is 9.85. The van der Waals surface area contributed by atoms with E-state index in [0.717, 1.165) is 36.9 Å². The normalized spacial score (nSPS) is 16.8. The fourth-order valence-corrected chi connectivity index (χ4v) is 3.32. The Labute approximate surface area is 165 Å². The molecule has 1 aromatic carbocycles. The highest BCUT2D eigenvalue weighted by atomic mass is 19.1. The van der Waals surface area contributed by atoms with Crippen molar-refractivity contribution in [3.8, 4) is 11.1 Å². The fraction of sp³-hybridized carbons (Fsp3) is 0.476. The van der Waals surface area contributed by atoms with Crippen LogP contribution in [0.3, 0.4) is 0 Å². The van der Waals surface area contributed by atoms with Gasteiger partial charge in [0.25, 0.3) is 0 Å². The average molecular weight is 386 g/mol. The minimum Gasteiger partial charge on any atom is -0.382 e. The van der Waals surface area contributed by atoms with Gasteiger partial charge in [-0.1, -0.05) is 12.1 Å². The predicted molar refractivity (Wildman–Crippen MR) is 106 cm³/mol. The van der Waals surface area contributed by atoms with Gasteiger partial charge in [0.15, 0.2) is 0 Å². The third kappa shape index (κ3) is 5.48. The zero-order chi connectivity index (χ0) is 19.8. The molecule has 3 rings (SSSR count). The minimum atomic E-state index is -0.267. The molecule has 0 bridgehead atoms. The molecule has 1 aromatic heterocycles. The number of amides is 1. The zero-order valence-electron chi connectivity index (χ0n) is 16.2. The molecule has 6 nitrogen and oxygen atoms in total. The molecule has 0 saturated carbocycles. The molecule has 1 aliphatic heterocycles. The lowest BCUT2D eigenvalue weighted by Crippen LogP contribution is -2.44. The lowest BCUT2D eigenvalue weighted by molar-refractivity contribution is -0.125. The number of ether oxygens (including phenoxy) is 1. The van der Waals surface area contributed by atoms with Gasteiger partial charge in [0, 0.05) is 50.8 Å². The predicted octanol–water partition coefficient (Wildman–Crippen LogP) is 3.04. The average Bonchev–Trinajstić information content (AvgIpc) is 2.74. The fourth-order valence-electron chi connectivity index (χ4n) is 3.32. The number of hydrogen-bond donors (Lipinski definition) is 1. The van der Waals surface area contributed by atoms with E-state index in [4.69, 9.17) is 4.74 Å². The van der Waals surface area contributed by atoms with Crippen LogP contribution in [0.2, 0.25) is 0 Å². The monoisotopic (exact) mass is 386 g/mol. The van der Waals surface area contributed by atoms with Gasteiger partial charge in [-0.05, 0) is 43.9 Å². The number of anilines is 1. The second-order valence-corrected chi connectivity index (χ2v) is 6.91. The Bertz CT molecular complexity index is 752. The first-order valence-corrected chi connectivity index (χ1v) is 9.85. The Kier molecular flexibility index (Phi) is 7.31. The molecule has 7 heteroatoms. The van der Waals surface area contributed by atoms with Gasteiger partial charge in [-0.15, -0.1) is 0 Å². The van der Waals surface area contributed by atoms with E-state index < -0.39 is 0 Å². The van der Waals surface area contributed by atoms with Crippen LogP contribution in [0.5, 0.6) is 0 Å². The van der Waals surface area contributed by atoms with E-state index in [1.165, 1.54) is 12.1 Å². The Morgan fingerprint density at radius 1 is 1.25 bits per heavy atom. The van der Waals surface area contributed by atoms with Crippen molar-refractivity contribution in [2.24, 2.45) is 5.92 Å². The van der Waals surface area contributed by atoms with Crippen molar-refractivity contribution in [3.63, 3.8) is 0 Å². The summed E-state index contributed by atoms with van der Waals surface area (Å²) in [6.07, 6.45) is 6.12. The van der Waals surface area contributed by atoms with E-state index in [1.807, 2.05) is 6.92 Å². The summed E-state index contributed by atoms with van der Waals surface area (Å²) in [6.45, 7) is 5.42. The highest BCUT2D eigenvalue weighted by molar-refractivity contribution is 5.79. The van der Waals surface area contributed by atoms with Crippen LogP contribution >= 0.6 is 0 Å². The molecular formula is C21H27FN4O2. The summed E-state index contributed by atoms with van der Waals surface area (Å²) >= 11 is 0.